The molecule has 1 spiro atoms. The standard InChI is InChI=1S/C10H19NO/c1-8-9(2)12-7-10(11-8)5-3-4-6-10/h8-9,11H,3-7H2,1-2H3. The Balaban J connectivity index is 2.01. The van der Waals surface area contributed by atoms with E-state index in [9.17, 15) is 0 Å². The summed E-state index contributed by atoms with van der Waals surface area (Å²) in [5, 5.41) is 3.72. The first-order chi connectivity index (χ1) is 5.72. The molecule has 2 nitrogen and oxygen atoms in total. The molecule has 12 heavy (non-hydrogen) atoms. The number of nitrogens with one attached hydrogen (secondary N) is 1. The minimum absolute atomic E-state index is 0.353. The Morgan fingerprint density at radius 2 is 1.92 bits per heavy atom. The van der Waals surface area contributed by atoms with Gasteiger partial charge in [-0.15, -0.1) is 0 Å². The molecule has 0 amide bonds. The van der Waals surface area contributed by atoms with Gasteiger partial charge in [0.05, 0.1) is 12.7 Å². The summed E-state index contributed by atoms with van der Waals surface area (Å²) in [6.45, 7) is 5.31. The molecule has 2 atom stereocenters. The van der Waals surface area contributed by atoms with E-state index in [1.807, 2.05) is 0 Å². The van der Waals surface area contributed by atoms with E-state index in [0.717, 1.165) is 6.61 Å². The first-order valence-electron chi connectivity index (χ1n) is 5.11. The maximum atomic E-state index is 5.77. The van der Waals surface area contributed by atoms with Gasteiger partial charge in [0.2, 0.25) is 0 Å². The lowest BCUT2D eigenvalue weighted by Gasteiger charge is -2.41. The average molecular weight is 169 g/mol. The zero-order valence-electron chi connectivity index (χ0n) is 8.10. The van der Waals surface area contributed by atoms with Crippen LogP contribution in [0.5, 0.6) is 0 Å². The Kier molecular flexibility index (Phi) is 2.13. The maximum absolute atomic E-state index is 5.77. The van der Waals surface area contributed by atoms with Crippen molar-refractivity contribution in [3.8, 4) is 0 Å². The molecule has 0 bridgehead atoms. The van der Waals surface area contributed by atoms with Crippen LogP contribution in [0.4, 0.5) is 0 Å². The van der Waals surface area contributed by atoms with E-state index in [-0.39, 0.29) is 0 Å². The van der Waals surface area contributed by atoms with Crippen molar-refractivity contribution in [3.05, 3.63) is 0 Å². The molecule has 0 aromatic rings. The second-order valence-corrected chi connectivity index (χ2v) is 4.44. The third kappa shape index (κ3) is 1.38. The second kappa shape index (κ2) is 3.00. The maximum Gasteiger partial charge on any atom is 0.0698 e. The Bertz CT molecular complexity index is 163. The van der Waals surface area contributed by atoms with Crippen LogP contribution in [0.1, 0.15) is 39.5 Å². The highest BCUT2D eigenvalue weighted by molar-refractivity contribution is 4.98. The van der Waals surface area contributed by atoms with Crippen molar-refractivity contribution in [2.75, 3.05) is 6.61 Å². The molecule has 0 radical (unpaired) electrons. The van der Waals surface area contributed by atoms with Crippen LogP contribution >= 0.6 is 0 Å². The lowest BCUT2D eigenvalue weighted by Crippen LogP contribution is -2.59. The first kappa shape index (κ1) is 8.52. The van der Waals surface area contributed by atoms with Crippen molar-refractivity contribution in [2.45, 2.75) is 57.2 Å². The number of ether oxygens (including phenoxy) is 1. The Morgan fingerprint density at radius 1 is 1.25 bits per heavy atom. The molecule has 1 heterocycles. The summed E-state index contributed by atoms with van der Waals surface area (Å²) in [6.07, 6.45) is 5.75. The molecule has 2 rings (SSSR count). The highest BCUT2D eigenvalue weighted by Gasteiger charge is 2.39. The normalized spacial score (nSPS) is 40.5. The molecule has 70 valence electrons. The second-order valence-electron chi connectivity index (χ2n) is 4.44. The molecule has 2 unspecified atom stereocenters. The monoisotopic (exact) mass is 169 g/mol. The van der Waals surface area contributed by atoms with Crippen LogP contribution in [-0.2, 0) is 4.74 Å². The molecule has 1 saturated heterocycles. The van der Waals surface area contributed by atoms with Gasteiger partial charge >= 0.3 is 0 Å². The summed E-state index contributed by atoms with van der Waals surface area (Å²) in [4.78, 5) is 0. The van der Waals surface area contributed by atoms with Crippen molar-refractivity contribution in [2.24, 2.45) is 0 Å². The molecule has 2 heteroatoms. The van der Waals surface area contributed by atoms with Crippen LogP contribution in [0.3, 0.4) is 0 Å². The zero-order valence-corrected chi connectivity index (χ0v) is 8.10. The molecule has 1 aliphatic carbocycles. The molecule has 0 aromatic heterocycles. The summed E-state index contributed by atoms with van der Waals surface area (Å²) in [6, 6.07) is 0.525. The molecule has 1 aliphatic heterocycles. The SMILES string of the molecule is CC1NC2(CCCC2)COC1C. The lowest BCUT2D eigenvalue weighted by atomic mass is 9.94. The van der Waals surface area contributed by atoms with Gasteiger partial charge in [0.25, 0.3) is 0 Å². The Morgan fingerprint density at radius 3 is 2.50 bits per heavy atom. The fourth-order valence-electron chi connectivity index (χ4n) is 2.42. The van der Waals surface area contributed by atoms with Gasteiger partial charge in [-0.05, 0) is 26.7 Å². The number of hydrogen-bond acceptors (Lipinski definition) is 2. The summed E-state index contributed by atoms with van der Waals surface area (Å²) in [5.41, 5.74) is 0.353. The number of rotatable bonds is 0. The van der Waals surface area contributed by atoms with E-state index in [1.165, 1.54) is 25.7 Å². The first-order valence-corrected chi connectivity index (χ1v) is 5.11. The molecule has 0 aromatic carbocycles. The minimum atomic E-state index is 0.353. The molecule has 1 saturated carbocycles. The molecular formula is C10H19NO. The van der Waals surface area contributed by atoms with Gasteiger partial charge in [0, 0.05) is 11.6 Å². The smallest absolute Gasteiger partial charge is 0.0698 e. The predicted octanol–water partition coefficient (Wildman–Crippen LogP) is 1.70. The van der Waals surface area contributed by atoms with Crippen molar-refractivity contribution in [1.82, 2.24) is 5.32 Å². The van der Waals surface area contributed by atoms with Gasteiger partial charge in [-0.3, -0.25) is 0 Å². The van der Waals surface area contributed by atoms with Crippen molar-refractivity contribution in [1.29, 1.82) is 0 Å². The van der Waals surface area contributed by atoms with Crippen LogP contribution in [0.25, 0.3) is 0 Å². The van der Waals surface area contributed by atoms with Gasteiger partial charge in [0.1, 0.15) is 0 Å². The quantitative estimate of drug-likeness (QED) is 0.596. The fourth-order valence-corrected chi connectivity index (χ4v) is 2.42. The van der Waals surface area contributed by atoms with Crippen LogP contribution in [0.15, 0.2) is 0 Å². The zero-order chi connectivity index (χ0) is 8.60. The minimum Gasteiger partial charge on any atom is -0.375 e. The van der Waals surface area contributed by atoms with E-state index in [1.54, 1.807) is 0 Å². The van der Waals surface area contributed by atoms with Crippen LogP contribution in [-0.4, -0.2) is 24.3 Å². The van der Waals surface area contributed by atoms with Crippen LogP contribution in [0, 0.1) is 0 Å². The summed E-state index contributed by atoms with van der Waals surface area (Å²) in [5.74, 6) is 0. The van der Waals surface area contributed by atoms with Crippen molar-refractivity contribution in [3.63, 3.8) is 0 Å². The third-order valence-corrected chi connectivity index (χ3v) is 3.42. The van der Waals surface area contributed by atoms with Gasteiger partial charge in [0.15, 0.2) is 0 Å². The lowest BCUT2D eigenvalue weighted by molar-refractivity contribution is -0.0472. The molecule has 2 aliphatic rings. The van der Waals surface area contributed by atoms with Crippen molar-refractivity contribution >= 4 is 0 Å². The molecular weight excluding hydrogens is 150 g/mol. The molecule has 2 fully saturated rings. The van der Waals surface area contributed by atoms with E-state index in [4.69, 9.17) is 4.74 Å². The summed E-state index contributed by atoms with van der Waals surface area (Å²) in [7, 11) is 0. The van der Waals surface area contributed by atoms with E-state index < -0.39 is 0 Å². The Hall–Kier alpha value is -0.0800. The van der Waals surface area contributed by atoms with Gasteiger partial charge < -0.3 is 10.1 Å². The van der Waals surface area contributed by atoms with E-state index >= 15 is 0 Å². The topological polar surface area (TPSA) is 21.3 Å². The summed E-state index contributed by atoms with van der Waals surface area (Å²) >= 11 is 0. The van der Waals surface area contributed by atoms with Crippen molar-refractivity contribution < 1.29 is 4.74 Å². The van der Waals surface area contributed by atoms with Gasteiger partial charge in [-0.2, -0.15) is 0 Å². The number of morpholine rings is 1. The third-order valence-electron chi connectivity index (χ3n) is 3.42. The summed E-state index contributed by atoms with van der Waals surface area (Å²) < 4.78 is 5.77. The Labute approximate surface area is 74.7 Å². The molecule has 1 N–H and O–H groups in total. The van der Waals surface area contributed by atoms with Gasteiger partial charge in [-0.25, -0.2) is 0 Å². The number of hydrogen-bond donors (Lipinski definition) is 1. The highest BCUT2D eigenvalue weighted by atomic mass is 16.5. The van der Waals surface area contributed by atoms with Gasteiger partial charge in [-0.1, -0.05) is 12.8 Å². The fraction of sp³-hybridized carbons (Fsp3) is 1.00. The predicted molar refractivity (Wildman–Crippen MR) is 49.2 cm³/mol. The van der Waals surface area contributed by atoms with E-state index in [0.29, 0.717) is 17.7 Å². The average Bonchev–Trinajstić information content (AvgIpc) is 2.47. The van der Waals surface area contributed by atoms with E-state index in [2.05, 4.69) is 19.2 Å². The highest BCUT2D eigenvalue weighted by Crippen LogP contribution is 2.33. The largest absolute Gasteiger partial charge is 0.375 e. The van der Waals surface area contributed by atoms with Crippen LogP contribution in [0.2, 0.25) is 0 Å². The van der Waals surface area contributed by atoms with Crippen LogP contribution < -0.4 is 5.32 Å².